The third kappa shape index (κ3) is 7.39. The molecule has 58 heavy (non-hydrogen) atoms. The van der Waals surface area contributed by atoms with Crippen LogP contribution in [-0.4, -0.2) is 146 Å². The van der Waals surface area contributed by atoms with Gasteiger partial charge in [-0.1, -0.05) is 24.3 Å². The van der Waals surface area contributed by atoms with Gasteiger partial charge in [0.2, 0.25) is 12.6 Å². The highest BCUT2D eigenvalue weighted by atomic mass is 16.7. The van der Waals surface area contributed by atoms with Gasteiger partial charge >= 0.3 is 0 Å². The number of ether oxygens (including phenoxy) is 4. The summed E-state index contributed by atoms with van der Waals surface area (Å²) in [5.41, 5.74) is 1.18. The van der Waals surface area contributed by atoms with Crippen LogP contribution in [0.1, 0.15) is 45.9 Å². The van der Waals surface area contributed by atoms with E-state index in [4.69, 9.17) is 18.9 Å². The van der Waals surface area contributed by atoms with E-state index in [0.717, 1.165) is 12.1 Å². The number of benzene rings is 4. The van der Waals surface area contributed by atoms with Gasteiger partial charge in [0.15, 0.2) is 23.0 Å². The van der Waals surface area contributed by atoms with Crippen LogP contribution < -0.4 is 9.47 Å². The second-order valence-corrected chi connectivity index (χ2v) is 14.7. The first kappa shape index (κ1) is 41.1. The number of phenolic OH excluding ortho intramolecular Hbond substituents is 6. The van der Waals surface area contributed by atoms with E-state index in [0.29, 0.717) is 11.1 Å². The number of aromatic hydroxyl groups is 6. The van der Waals surface area contributed by atoms with Crippen molar-refractivity contribution in [3.05, 3.63) is 95.1 Å². The van der Waals surface area contributed by atoms with Crippen molar-refractivity contribution in [1.29, 1.82) is 0 Å². The van der Waals surface area contributed by atoms with E-state index in [1.165, 1.54) is 36.4 Å². The van der Waals surface area contributed by atoms with E-state index in [9.17, 15) is 71.5 Å². The number of hydrogen-bond donors (Lipinski definition) is 14. The molecule has 0 aromatic heterocycles. The van der Waals surface area contributed by atoms with Gasteiger partial charge in [0.1, 0.15) is 71.8 Å². The van der Waals surface area contributed by atoms with Crippen LogP contribution in [0.4, 0.5) is 0 Å². The molecule has 0 radical (unpaired) electrons. The number of hydrogen-bond acceptors (Lipinski definition) is 18. The largest absolute Gasteiger partial charge is 0.508 e. The lowest BCUT2D eigenvalue weighted by Gasteiger charge is -2.54. The molecule has 18 heteroatoms. The van der Waals surface area contributed by atoms with Crippen LogP contribution in [0.15, 0.2) is 72.8 Å². The minimum absolute atomic E-state index is 0.0858. The van der Waals surface area contributed by atoms with Gasteiger partial charge in [-0.3, -0.25) is 0 Å². The first-order chi connectivity index (χ1) is 27.6. The van der Waals surface area contributed by atoms with Crippen LogP contribution in [-0.2, 0) is 9.47 Å². The van der Waals surface area contributed by atoms with E-state index < -0.39 is 121 Å². The average molecular weight is 813 g/mol. The number of rotatable bonds is 10. The molecule has 1 aliphatic carbocycles. The molecule has 14 N–H and O–H groups in total. The number of phenols is 6. The Kier molecular flexibility index (Phi) is 11.5. The van der Waals surface area contributed by atoms with Crippen molar-refractivity contribution in [3.8, 4) is 46.0 Å². The maximum absolute atomic E-state index is 11.3. The summed E-state index contributed by atoms with van der Waals surface area (Å²) >= 11 is 0. The molecule has 0 amide bonds. The Morgan fingerprint density at radius 1 is 0.414 bits per heavy atom. The topological polar surface area (TPSA) is 320 Å². The maximum atomic E-state index is 11.3. The molecule has 2 saturated heterocycles. The van der Waals surface area contributed by atoms with Crippen molar-refractivity contribution in [2.75, 3.05) is 13.2 Å². The summed E-state index contributed by atoms with van der Waals surface area (Å²) in [6.07, 6.45) is -17.3. The first-order valence-corrected chi connectivity index (χ1v) is 18.3. The summed E-state index contributed by atoms with van der Waals surface area (Å²) in [5.74, 6) is -6.55. The lowest BCUT2D eigenvalue weighted by molar-refractivity contribution is -0.278. The van der Waals surface area contributed by atoms with Crippen LogP contribution in [0, 0.1) is 0 Å². The Morgan fingerprint density at radius 2 is 0.759 bits per heavy atom. The summed E-state index contributed by atoms with van der Waals surface area (Å²) in [7, 11) is 0. The molecule has 4 aromatic rings. The van der Waals surface area contributed by atoms with Crippen molar-refractivity contribution in [2.24, 2.45) is 0 Å². The predicted octanol–water partition coefficient (Wildman–Crippen LogP) is -0.274. The molecule has 4 aromatic carbocycles. The van der Waals surface area contributed by atoms with Crippen molar-refractivity contribution in [3.63, 3.8) is 0 Å². The fraction of sp³-hybridized carbons (Fsp3) is 0.400. The Morgan fingerprint density at radius 3 is 1.09 bits per heavy atom. The zero-order chi connectivity index (χ0) is 41.7. The molecule has 10 atom stereocenters. The molecule has 3 fully saturated rings. The molecule has 3 aliphatic rings. The maximum Gasteiger partial charge on any atom is 0.229 e. The summed E-state index contributed by atoms with van der Waals surface area (Å²) < 4.78 is 23.3. The molecule has 312 valence electrons. The van der Waals surface area contributed by atoms with E-state index in [1.54, 1.807) is 24.3 Å². The fourth-order valence-electron chi connectivity index (χ4n) is 8.30. The molecule has 1 saturated carbocycles. The lowest BCUT2D eigenvalue weighted by Crippen LogP contribution is -2.60. The first-order valence-electron chi connectivity index (χ1n) is 18.3. The molecule has 0 unspecified atom stereocenters. The zero-order valence-corrected chi connectivity index (χ0v) is 30.3. The van der Waals surface area contributed by atoms with Gasteiger partial charge in [-0.15, -0.1) is 0 Å². The second-order valence-electron chi connectivity index (χ2n) is 14.7. The van der Waals surface area contributed by atoms with Crippen molar-refractivity contribution in [1.82, 2.24) is 0 Å². The van der Waals surface area contributed by atoms with E-state index in [-0.39, 0.29) is 34.1 Å². The Labute approximate surface area is 329 Å². The Bertz CT molecular complexity index is 1900. The zero-order valence-electron chi connectivity index (χ0n) is 30.3. The summed E-state index contributed by atoms with van der Waals surface area (Å²) in [6.45, 7) is -1.56. The fourth-order valence-corrected chi connectivity index (χ4v) is 8.30. The third-order valence-corrected chi connectivity index (χ3v) is 11.2. The van der Waals surface area contributed by atoms with Crippen molar-refractivity contribution < 1.29 is 90.4 Å². The van der Waals surface area contributed by atoms with Crippen LogP contribution >= 0.6 is 0 Å². The molecule has 2 heterocycles. The normalized spacial score (nSPS) is 33.6. The quantitative estimate of drug-likeness (QED) is 0.0980. The predicted molar refractivity (Wildman–Crippen MR) is 196 cm³/mol. The van der Waals surface area contributed by atoms with E-state index in [2.05, 4.69) is 0 Å². The number of aliphatic hydroxyl groups excluding tert-OH is 8. The van der Waals surface area contributed by atoms with Crippen molar-refractivity contribution >= 4 is 0 Å². The molecule has 0 spiro atoms. The molecule has 0 bridgehead atoms. The van der Waals surface area contributed by atoms with Crippen LogP contribution in [0.5, 0.6) is 46.0 Å². The van der Waals surface area contributed by atoms with Gasteiger partial charge in [0.05, 0.1) is 13.2 Å². The SMILES string of the molecule is OC[C@H]1O[C@@H](Oc2c(O)cc(O)cc2C2C(c3ccc(O)cc3)C(c3cc(O)cc(O)c3O[C@@H]3O[C@H](CO)[C@@H](O)[C@H](O)[C@H]3O)C2c2ccc(O)cc2)[C@H](O)[C@@H](O)[C@@H]1O. The summed E-state index contributed by atoms with van der Waals surface area (Å²) in [6, 6.07) is 16.3. The monoisotopic (exact) mass is 812 g/mol. The highest BCUT2D eigenvalue weighted by Crippen LogP contribution is 2.70. The molecule has 7 rings (SSSR count). The van der Waals surface area contributed by atoms with Crippen LogP contribution in [0.3, 0.4) is 0 Å². The van der Waals surface area contributed by atoms with Gasteiger partial charge in [-0.25, -0.2) is 0 Å². The van der Waals surface area contributed by atoms with Gasteiger partial charge in [0.25, 0.3) is 0 Å². The smallest absolute Gasteiger partial charge is 0.229 e. The molecular weight excluding hydrogens is 768 g/mol. The van der Waals surface area contributed by atoms with Crippen LogP contribution in [0.25, 0.3) is 0 Å². The second kappa shape index (κ2) is 16.3. The minimum Gasteiger partial charge on any atom is -0.508 e. The van der Waals surface area contributed by atoms with Gasteiger partial charge in [-0.05, 0) is 59.4 Å². The molecule has 18 nitrogen and oxygen atoms in total. The third-order valence-electron chi connectivity index (χ3n) is 11.2. The standard InChI is InChI=1S/C40H44O18/c41-13-25-31(49)33(51)35(53)39(55-25)57-37-21(9-19(45)11-23(37)47)29-27(15-1-5-17(43)6-2-15)30(28(29)16-3-7-18(44)8-4-16)22-10-20(46)12-24(48)38(22)58-40-36(54)34(52)32(50)26(14-42)56-40/h1-12,25-36,39-54H,13-14H2/t25-,26-,27?,28?,29?,30?,31-,32-,33+,34+,35-,36-,39+,40+/m1/s1. The van der Waals surface area contributed by atoms with Gasteiger partial charge < -0.3 is 90.4 Å². The summed E-state index contributed by atoms with van der Waals surface area (Å²) in [5, 5.41) is 148. The van der Waals surface area contributed by atoms with Gasteiger partial charge in [0, 0.05) is 35.1 Å². The molecule has 2 aliphatic heterocycles. The highest BCUT2D eigenvalue weighted by Gasteiger charge is 2.56. The van der Waals surface area contributed by atoms with E-state index in [1.807, 2.05) is 0 Å². The highest BCUT2D eigenvalue weighted by molar-refractivity contribution is 5.61. The Hall–Kier alpha value is -5.12. The van der Waals surface area contributed by atoms with E-state index >= 15 is 0 Å². The lowest BCUT2D eigenvalue weighted by atomic mass is 9.49. The van der Waals surface area contributed by atoms with Crippen molar-refractivity contribution in [2.45, 2.75) is 85.1 Å². The average Bonchev–Trinajstić information content (AvgIpc) is 3.18. The number of aliphatic hydroxyl groups is 8. The Balaban J connectivity index is 1.41. The van der Waals surface area contributed by atoms with Crippen LogP contribution in [0.2, 0.25) is 0 Å². The molecular formula is C40H44O18. The minimum atomic E-state index is -1.90. The summed E-state index contributed by atoms with van der Waals surface area (Å²) in [4.78, 5) is 0. The van der Waals surface area contributed by atoms with Gasteiger partial charge in [-0.2, -0.15) is 0 Å².